The van der Waals surface area contributed by atoms with Gasteiger partial charge in [-0.15, -0.1) is 0 Å². The van der Waals surface area contributed by atoms with Crippen LogP contribution in [0, 0.1) is 18.3 Å². The van der Waals surface area contributed by atoms with Crippen molar-refractivity contribution in [3.8, 4) is 17.2 Å². The first-order valence-electron chi connectivity index (χ1n) is 25.7. The van der Waals surface area contributed by atoms with E-state index in [4.69, 9.17) is 18.4 Å². The first kappa shape index (κ1) is 52.8. The molecule has 2 N–H and O–H groups in total. The number of carbonyl (C=O) groups is 5. The number of para-hydroxylation sites is 2. The molecule has 4 amide bonds. The van der Waals surface area contributed by atoms with Gasteiger partial charge in [0, 0.05) is 53.0 Å². The van der Waals surface area contributed by atoms with E-state index in [2.05, 4.69) is 16.7 Å². The molecule has 9 rings (SSSR count). The summed E-state index contributed by atoms with van der Waals surface area (Å²) in [5.41, 5.74) is 8.30. The SMILES string of the molecule is COc1cc2c(cc1OCc1cc(COc3cc4c(cc3C)C(=O)N3c5ccccc5C[C@H]3C(S(=O)(=O)OC)C4)cc(NC(=O)[C@H](C)CC(=O)[C@H](C)NC(=O)CCC(C)(C)C)c1)CC[C@@H]1Cc3ccccc3N1C2=O. The van der Waals surface area contributed by atoms with Crippen LogP contribution < -0.4 is 34.6 Å². The number of ether oxygens (including phenoxy) is 3. The molecule has 1 unspecified atom stereocenters. The summed E-state index contributed by atoms with van der Waals surface area (Å²) in [6.07, 6.45) is 3.46. The van der Waals surface area contributed by atoms with Crippen molar-refractivity contribution in [2.24, 2.45) is 11.3 Å². The molecule has 0 saturated heterocycles. The Labute approximate surface area is 439 Å². The topological polar surface area (TPSA) is 187 Å². The third-order valence-electron chi connectivity index (χ3n) is 15.0. The number of ketones is 1. The molecule has 0 radical (unpaired) electrons. The third-order valence-corrected chi connectivity index (χ3v) is 16.7. The molecular weight excluding hydrogens is 973 g/mol. The van der Waals surface area contributed by atoms with Crippen LogP contribution in [-0.2, 0) is 67.6 Å². The van der Waals surface area contributed by atoms with Crippen molar-refractivity contribution in [1.82, 2.24) is 5.32 Å². The van der Waals surface area contributed by atoms with Crippen LogP contribution in [0.5, 0.6) is 17.2 Å². The Morgan fingerprint density at radius 2 is 1.35 bits per heavy atom. The Morgan fingerprint density at radius 3 is 2.01 bits per heavy atom. The smallest absolute Gasteiger partial charge is 0.272 e. The summed E-state index contributed by atoms with van der Waals surface area (Å²) in [6, 6.07) is 26.6. The molecule has 4 aliphatic rings. The summed E-state index contributed by atoms with van der Waals surface area (Å²) in [7, 11) is -1.43. The summed E-state index contributed by atoms with van der Waals surface area (Å²) in [6.45, 7) is 11.3. The first-order valence-corrected chi connectivity index (χ1v) is 27.2. The molecular formula is C59H66N4O11S. The summed E-state index contributed by atoms with van der Waals surface area (Å²) in [4.78, 5) is 71.9. The number of hydrogen-bond acceptors (Lipinski definition) is 11. The molecule has 0 saturated carbocycles. The number of hydrogen-bond donors (Lipinski definition) is 2. The molecule has 4 heterocycles. The van der Waals surface area contributed by atoms with E-state index in [0.717, 1.165) is 42.3 Å². The zero-order valence-corrected chi connectivity index (χ0v) is 44.7. The van der Waals surface area contributed by atoms with E-state index in [1.165, 1.54) is 7.11 Å². The van der Waals surface area contributed by atoms with Crippen LogP contribution >= 0.6 is 0 Å². The molecule has 16 heteroatoms. The molecule has 75 heavy (non-hydrogen) atoms. The van der Waals surface area contributed by atoms with E-state index < -0.39 is 39.3 Å². The maximum atomic E-state index is 14.4. The largest absolute Gasteiger partial charge is 0.493 e. The Kier molecular flexibility index (Phi) is 15.0. The second kappa shape index (κ2) is 21.3. The summed E-state index contributed by atoms with van der Waals surface area (Å²) < 4.78 is 51.1. The Hall–Kier alpha value is -7.04. The van der Waals surface area contributed by atoms with Gasteiger partial charge in [-0.05, 0) is 151 Å². The number of fused-ring (bicyclic) bond motifs is 8. The molecule has 5 atom stereocenters. The summed E-state index contributed by atoms with van der Waals surface area (Å²) in [5, 5.41) is 4.72. The predicted molar refractivity (Wildman–Crippen MR) is 286 cm³/mol. The minimum absolute atomic E-state index is 0.00224. The highest BCUT2D eigenvalue weighted by Crippen LogP contribution is 2.43. The number of nitrogens with zero attached hydrogens (tertiary/aromatic N) is 2. The van der Waals surface area contributed by atoms with Crippen LogP contribution in [0.25, 0.3) is 0 Å². The van der Waals surface area contributed by atoms with Gasteiger partial charge in [0.2, 0.25) is 11.8 Å². The molecule has 0 aromatic heterocycles. The number of aryl methyl sites for hydroxylation is 2. The highest BCUT2D eigenvalue weighted by Gasteiger charge is 2.48. The Balaban J connectivity index is 0.971. The molecule has 5 aromatic carbocycles. The van der Waals surface area contributed by atoms with E-state index in [-0.39, 0.29) is 67.4 Å². The summed E-state index contributed by atoms with van der Waals surface area (Å²) >= 11 is 0. The van der Waals surface area contributed by atoms with Crippen LogP contribution in [0.1, 0.15) is 120 Å². The lowest BCUT2D eigenvalue weighted by Crippen LogP contribution is -2.47. The average Bonchev–Trinajstić information content (AvgIpc) is 3.90. The van der Waals surface area contributed by atoms with Gasteiger partial charge in [-0.3, -0.25) is 28.2 Å². The van der Waals surface area contributed by atoms with E-state index >= 15 is 0 Å². The second-order valence-corrected chi connectivity index (χ2v) is 23.6. The average molecular weight is 1040 g/mol. The predicted octanol–water partition coefficient (Wildman–Crippen LogP) is 9.02. The molecule has 0 bridgehead atoms. The minimum atomic E-state index is -4.10. The van der Waals surface area contributed by atoms with Crippen LogP contribution in [0.15, 0.2) is 91.0 Å². The number of carbonyl (C=O) groups excluding carboxylic acids is 5. The molecule has 4 aliphatic heterocycles. The lowest BCUT2D eigenvalue weighted by molar-refractivity contribution is -0.129. The van der Waals surface area contributed by atoms with Crippen molar-refractivity contribution < 1.29 is 50.8 Å². The van der Waals surface area contributed by atoms with E-state index in [0.29, 0.717) is 81.3 Å². The normalized spacial score (nSPS) is 18.5. The van der Waals surface area contributed by atoms with Crippen molar-refractivity contribution in [2.45, 2.75) is 129 Å². The number of anilines is 3. The standard InChI is InChI=1S/C59H66N4O11S/c1-34-21-45-42(30-54(75(69,70)72-8)49-27-41-14-10-12-16-48(41)63(49)58(45)68)29-51(34)73-32-37-23-38(25-43(24-37)61-56(66)35(2)22-50(64)36(3)60-55(65)19-20-59(4,5)6)33-74-53-28-39-17-18-44-26-40-13-9-11-15-47(40)62(44)57(67)46(39)31-52(53)71-7/h9-16,21,23-25,28-29,31,35-36,44,49,54H,17-20,22,26-27,30,32-33H2,1-8H3,(H,60,65)(H,61,66)/t35-,36+,44-,49+,54?/m1/s1. The van der Waals surface area contributed by atoms with Gasteiger partial charge in [0.15, 0.2) is 17.3 Å². The lowest BCUT2D eigenvalue weighted by atomic mass is 9.90. The van der Waals surface area contributed by atoms with Gasteiger partial charge in [0.1, 0.15) is 24.2 Å². The molecule has 0 aliphatic carbocycles. The number of methoxy groups -OCH3 is 1. The van der Waals surface area contributed by atoms with E-state index in [1.54, 1.807) is 49.1 Å². The van der Waals surface area contributed by atoms with Gasteiger partial charge in [0.25, 0.3) is 21.9 Å². The van der Waals surface area contributed by atoms with Crippen molar-refractivity contribution in [2.75, 3.05) is 29.3 Å². The highest BCUT2D eigenvalue weighted by molar-refractivity contribution is 7.87. The van der Waals surface area contributed by atoms with Crippen LogP contribution in [-0.4, -0.2) is 75.4 Å². The number of Topliss-reactive ketones (excluding diaryl/α,β-unsaturated/α-hetero) is 1. The molecule has 5 aromatic rings. The number of benzene rings is 5. The van der Waals surface area contributed by atoms with Gasteiger partial charge >= 0.3 is 0 Å². The lowest BCUT2D eigenvalue weighted by Gasteiger charge is -2.28. The zero-order chi connectivity index (χ0) is 53.5. The van der Waals surface area contributed by atoms with E-state index in [1.807, 2.05) is 87.2 Å². The Bertz CT molecular complexity index is 3200. The number of amides is 4. The fourth-order valence-electron chi connectivity index (χ4n) is 10.9. The highest BCUT2D eigenvalue weighted by atomic mass is 32.2. The van der Waals surface area contributed by atoms with Crippen molar-refractivity contribution >= 4 is 56.6 Å². The van der Waals surface area contributed by atoms with Gasteiger partial charge < -0.3 is 34.6 Å². The quantitative estimate of drug-likeness (QED) is 0.0847. The first-order chi connectivity index (χ1) is 35.7. The van der Waals surface area contributed by atoms with Gasteiger partial charge in [-0.1, -0.05) is 64.1 Å². The van der Waals surface area contributed by atoms with Crippen LogP contribution in [0.4, 0.5) is 17.1 Å². The van der Waals surface area contributed by atoms with Crippen molar-refractivity contribution in [3.05, 3.63) is 141 Å². The van der Waals surface area contributed by atoms with E-state index in [9.17, 15) is 32.4 Å². The number of rotatable bonds is 17. The molecule has 15 nitrogen and oxygen atoms in total. The third kappa shape index (κ3) is 11.2. The molecule has 0 spiro atoms. The second-order valence-electron chi connectivity index (χ2n) is 21.6. The van der Waals surface area contributed by atoms with Gasteiger partial charge in [-0.25, -0.2) is 0 Å². The van der Waals surface area contributed by atoms with Crippen LogP contribution in [0.2, 0.25) is 0 Å². The maximum Gasteiger partial charge on any atom is 0.272 e. The number of nitrogens with one attached hydrogen (secondary N) is 2. The van der Waals surface area contributed by atoms with Crippen molar-refractivity contribution in [3.63, 3.8) is 0 Å². The molecule has 0 fully saturated rings. The van der Waals surface area contributed by atoms with Gasteiger partial charge in [0.05, 0.1) is 26.3 Å². The maximum absolute atomic E-state index is 14.4. The molecule has 394 valence electrons. The Morgan fingerprint density at radius 1 is 0.733 bits per heavy atom. The summed E-state index contributed by atoms with van der Waals surface area (Å²) in [5.74, 6) is -0.755. The fourth-order valence-corrected chi connectivity index (χ4v) is 12.1. The fraction of sp³-hybridized carbons (Fsp3) is 0.407. The minimum Gasteiger partial charge on any atom is -0.493 e. The monoisotopic (exact) mass is 1040 g/mol. The van der Waals surface area contributed by atoms with Crippen molar-refractivity contribution in [1.29, 1.82) is 0 Å². The van der Waals surface area contributed by atoms with Gasteiger partial charge in [-0.2, -0.15) is 8.42 Å². The zero-order valence-electron chi connectivity index (χ0n) is 43.9. The van der Waals surface area contributed by atoms with Crippen LogP contribution in [0.3, 0.4) is 0 Å².